The highest BCUT2D eigenvalue weighted by molar-refractivity contribution is 4.47. The van der Waals surface area contributed by atoms with E-state index in [1.54, 1.807) is 0 Å². The molecule has 0 unspecified atom stereocenters. The minimum absolute atomic E-state index is 0.261. The molecular weight excluding hydrogens is 284 g/mol. The Labute approximate surface area is 135 Å². The first-order valence-corrected chi connectivity index (χ1v) is 8.82. The summed E-state index contributed by atoms with van der Waals surface area (Å²) in [6, 6.07) is 0. The van der Waals surface area contributed by atoms with E-state index in [2.05, 4.69) is 20.8 Å². The molecule has 0 aromatic rings. The normalized spacial score (nSPS) is 10.9. The van der Waals surface area contributed by atoms with E-state index in [-0.39, 0.29) is 4.65 Å². The van der Waals surface area contributed by atoms with E-state index < -0.39 is 5.09 Å². The van der Waals surface area contributed by atoms with Crippen LogP contribution >= 0.6 is 0 Å². The van der Waals surface area contributed by atoms with Crippen molar-refractivity contribution >= 4 is 0 Å². The van der Waals surface area contributed by atoms with E-state index in [4.69, 9.17) is 15.3 Å². The maximum atomic E-state index is 10.1. The van der Waals surface area contributed by atoms with E-state index in [0.717, 1.165) is 19.6 Å². The lowest BCUT2D eigenvalue weighted by atomic mass is 10.1. The van der Waals surface area contributed by atoms with Crippen molar-refractivity contribution in [2.24, 2.45) is 0 Å². The fourth-order valence-electron chi connectivity index (χ4n) is 2.43. The van der Waals surface area contributed by atoms with E-state index in [1.165, 1.54) is 64.2 Å². The van der Waals surface area contributed by atoms with Crippen molar-refractivity contribution < 1.29 is 14.9 Å². The average molecular weight is 320 g/mol. The van der Waals surface area contributed by atoms with Crippen LogP contribution in [0, 0.1) is 15.3 Å². The molecule has 0 atom stereocenters. The number of hydrogen-bond acceptors (Lipinski definition) is 4. The molecule has 0 aliphatic rings. The van der Waals surface area contributed by atoms with E-state index >= 15 is 0 Å². The lowest BCUT2D eigenvalue weighted by Crippen LogP contribution is -2.44. The van der Waals surface area contributed by atoms with Crippen molar-refractivity contribution in [3.63, 3.8) is 0 Å². The van der Waals surface area contributed by atoms with Crippen LogP contribution in [0.2, 0.25) is 0 Å². The second-order valence-electron chi connectivity index (χ2n) is 5.86. The number of hydroxylamine groups is 3. The predicted octanol–water partition coefficient (Wildman–Crippen LogP) is 4.91. The summed E-state index contributed by atoms with van der Waals surface area (Å²) in [6.45, 7) is 9.03. The summed E-state index contributed by atoms with van der Waals surface area (Å²) in [5, 5.41) is 24.8. The molecule has 0 spiro atoms. The topological polar surface area (TPSA) is 86.4 Å². The van der Waals surface area contributed by atoms with Crippen LogP contribution in [0.15, 0.2) is 0 Å². The molecule has 0 fully saturated rings. The van der Waals surface area contributed by atoms with Crippen LogP contribution in [-0.4, -0.2) is 34.6 Å². The summed E-state index contributed by atoms with van der Waals surface area (Å²) in [5.74, 6) is 0. The Morgan fingerprint density at radius 3 is 1.41 bits per heavy atom. The molecule has 0 bridgehead atoms. The first-order chi connectivity index (χ1) is 10.4. The molecule has 0 aliphatic carbocycles. The Morgan fingerprint density at radius 1 is 0.773 bits per heavy atom. The summed E-state index contributed by atoms with van der Waals surface area (Å²) in [6.07, 6.45) is 13.6. The summed E-state index contributed by atoms with van der Waals surface area (Å²) < 4.78 is 0.261. The molecule has 6 nitrogen and oxygen atoms in total. The van der Waals surface area contributed by atoms with Crippen LogP contribution in [-0.2, 0) is 0 Å². The molecule has 6 heteroatoms. The third kappa shape index (κ3) is 19.1. The van der Waals surface area contributed by atoms with Gasteiger partial charge < -0.3 is 15.3 Å². The Kier molecular flexibility index (Phi) is 17.5. The summed E-state index contributed by atoms with van der Waals surface area (Å²) >= 11 is 0. The van der Waals surface area contributed by atoms with Crippen LogP contribution in [0.4, 0.5) is 0 Å². The first-order valence-electron chi connectivity index (χ1n) is 8.82. The lowest BCUT2D eigenvalue weighted by molar-refractivity contribution is -1.10. The van der Waals surface area contributed by atoms with Crippen molar-refractivity contribution in [3.8, 4) is 0 Å². The zero-order valence-electron chi connectivity index (χ0n) is 14.8. The van der Waals surface area contributed by atoms with Gasteiger partial charge in [0.1, 0.15) is 19.6 Å². The molecule has 0 aromatic carbocycles. The van der Waals surface area contributed by atoms with Crippen molar-refractivity contribution in [1.82, 2.24) is 0 Å². The number of rotatable bonds is 13. The van der Waals surface area contributed by atoms with Gasteiger partial charge >= 0.3 is 0 Å². The van der Waals surface area contributed by atoms with Crippen LogP contribution in [0.1, 0.15) is 85.0 Å². The third-order valence-corrected chi connectivity index (χ3v) is 4.11. The van der Waals surface area contributed by atoms with Crippen LogP contribution < -0.4 is 0 Å². The first kappa shape index (κ1) is 23.4. The minimum atomic E-state index is -1.75. The van der Waals surface area contributed by atoms with Gasteiger partial charge in [-0.1, -0.05) is 58.3 Å². The fourth-order valence-corrected chi connectivity index (χ4v) is 2.43. The molecule has 0 saturated heterocycles. The van der Waals surface area contributed by atoms with Crippen molar-refractivity contribution in [2.45, 2.75) is 85.0 Å². The second-order valence-corrected chi connectivity index (χ2v) is 5.86. The molecule has 0 heterocycles. The molecule has 0 saturated carbocycles. The second kappa shape index (κ2) is 16.5. The highest BCUT2D eigenvalue weighted by Gasteiger charge is 2.18. The number of quaternary nitrogens is 1. The quantitative estimate of drug-likeness (QED) is 0.226. The molecule has 0 radical (unpaired) electrons. The standard InChI is InChI=1S/C16H36NO.NO3/c1-4-7-8-9-10-11-12-13-14-15-16-17(18,5-2)6-3;2-1(3)4/h18H,4-16H2,1-3H3;/q+1;-1. The van der Waals surface area contributed by atoms with Gasteiger partial charge in [-0.05, 0) is 26.7 Å². The van der Waals surface area contributed by atoms with Gasteiger partial charge in [-0.15, -0.1) is 0 Å². The predicted molar refractivity (Wildman–Crippen MR) is 90.2 cm³/mol. The van der Waals surface area contributed by atoms with Crippen LogP contribution in [0.5, 0.6) is 0 Å². The van der Waals surface area contributed by atoms with Gasteiger partial charge in [-0.3, -0.25) is 0 Å². The summed E-state index contributed by atoms with van der Waals surface area (Å²) in [5.41, 5.74) is 0. The van der Waals surface area contributed by atoms with Crippen molar-refractivity contribution in [2.75, 3.05) is 19.6 Å². The molecule has 0 amide bonds. The maximum Gasteiger partial charge on any atom is 0.109 e. The maximum absolute atomic E-state index is 10.1. The number of nitrogens with zero attached hydrogens (tertiary/aromatic N) is 2. The largest absolute Gasteiger partial charge is 0.356 e. The smallest absolute Gasteiger partial charge is 0.109 e. The Morgan fingerprint density at radius 2 is 1.09 bits per heavy atom. The minimum Gasteiger partial charge on any atom is -0.356 e. The SMILES string of the molecule is CCCCCCCCCCCC[N+](O)(CC)CC.O=[N+]([O-])[O-]. The summed E-state index contributed by atoms with van der Waals surface area (Å²) in [7, 11) is 0. The zero-order chi connectivity index (χ0) is 17.3. The third-order valence-electron chi connectivity index (χ3n) is 4.11. The van der Waals surface area contributed by atoms with Crippen molar-refractivity contribution in [1.29, 1.82) is 0 Å². The van der Waals surface area contributed by atoms with Gasteiger partial charge in [0, 0.05) is 0 Å². The Hall–Kier alpha value is -0.880. The van der Waals surface area contributed by atoms with E-state index in [1.807, 2.05) is 0 Å². The van der Waals surface area contributed by atoms with Gasteiger partial charge in [0.05, 0.1) is 5.09 Å². The van der Waals surface area contributed by atoms with Gasteiger partial charge in [-0.2, -0.15) is 4.65 Å². The number of hydrogen-bond donors (Lipinski definition) is 1. The lowest BCUT2D eigenvalue weighted by Gasteiger charge is -2.27. The molecule has 22 heavy (non-hydrogen) atoms. The zero-order valence-corrected chi connectivity index (χ0v) is 14.8. The van der Waals surface area contributed by atoms with Gasteiger partial charge in [0.2, 0.25) is 0 Å². The van der Waals surface area contributed by atoms with Crippen molar-refractivity contribution in [3.05, 3.63) is 15.3 Å². The monoisotopic (exact) mass is 320 g/mol. The molecule has 0 aliphatic heterocycles. The average Bonchev–Trinajstić information content (AvgIpc) is 2.48. The number of unbranched alkanes of at least 4 members (excludes halogenated alkanes) is 9. The van der Waals surface area contributed by atoms with Gasteiger partial charge in [0.25, 0.3) is 0 Å². The molecule has 0 rings (SSSR count). The highest BCUT2D eigenvalue weighted by Crippen LogP contribution is 2.12. The molecular formula is C16H36N2O4. The highest BCUT2D eigenvalue weighted by atomic mass is 16.9. The molecule has 1 N–H and O–H groups in total. The van der Waals surface area contributed by atoms with Crippen LogP contribution in [0.3, 0.4) is 0 Å². The van der Waals surface area contributed by atoms with E-state index in [0.29, 0.717) is 0 Å². The van der Waals surface area contributed by atoms with E-state index in [9.17, 15) is 5.21 Å². The molecule has 134 valence electrons. The molecule has 0 aromatic heterocycles. The fraction of sp³-hybridized carbons (Fsp3) is 1.00. The van der Waals surface area contributed by atoms with Crippen LogP contribution in [0.25, 0.3) is 0 Å². The van der Waals surface area contributed by atoms with Gasteiger partial charge in [0.15, 0.2) is 0 Å². The summed E-state index contributed by atoms with van der Waals surface area (Å²) in [4.78, 5) is 8.25. The Bertz CT molecular complexity index is 242. The van der Waals surface area contributed by atoms with Gasteiger partial charge in [-0.25, -0.2) is 5.21 Å². The Balaban J connectivity index is 0.